The maximum atomic E-state index is 11.7. The van der Waals surface area contributed by atoms with Crippen LogP contribution < -0.4 is 0 Å². The van der Waals surface area contributed by atoms with Gasteiger partial charge >= 0.3 is 11.9 Å². The molecule has 5 heteroatoms. The highest BCUT2D eigenvalue weighted by atomic mass is 32.1. The van der Waals surface area contributed by atoms with Crippen LogP contribution in [0.5, 0.6) is 0 Å². The van der Waals surface area contributed by atoms with E-state index in [1.54, 1.807) is 0 Å². The summed E-state index contributed by atoms with van der Waals surface area (Å²) in [7, 11) is 2.58. The first-order valence-corrected chi connectivity index (χ1v) is 5.75. The van der Waals surface area contributed by atoms with Crippen molar-refractivity contribution < 1.29 is 19.1 Å². The highest BCUT2D eigenvalue weighted by Gasteiger charge is 2.68. The van der Waals surface area contributed by atoms with Crippen molar-refractivity contribution in [2.45, 2.75) is 12.3 Å². The van der Waals surface area contributed by atoms with E-state index in [9.17, 15) is 9.59 Å². The fraction of sp³-hybridized carbons (Fsp3) is 0.455. The van der Waals surface area contributed by atoms with E-state index in [2.05, 4.69) is 0 Å². The summed E-state index contributed by atoms with van der Waals surface area (Å²) in [6.07, 6.45) is 0.479. The van der Waals surface area contributed by atoms with Gasteiger partial charge in [-0.25, -0.2) is 0 Å². The number of carbonyl (C=O) groups excluding carboxylic acids is 2. The molecule has 16 heavy (non-hydrogen) atoms. The Morgan fingerprint density at radius 2 is 2.00 bits per heavy atom. The van der Waals surface area contributed by atoms with Crippen molar-refractivity contribution in [1.29, 1.82) is 0 Å². The van der Waals surface area contributed by atoms with Crippen LogP contribution in [0.25, 0.3) is 0 Å². The van der Waals surface area contributed by atoms with Gasteiger partial charge in [-0.2, -0.15) is 0 Å². The van der Waals surface area contributed by atoms with Gasteiger partial charge < -0.3 is 9.47 Å². The van der Waals surface area contributed by atoms with E-state index in [1.807, 2.05) is 17.5 Å². The van der Waals surface area contributed by atoms with E-state index < -0.39 is 17.4 Å². The standard InChI is InChI=1S/C11H12O4S/c1-14-9(12)11(10(13)15-2)6-7(11)8-4-3-5-16-8/h3-5,7H,6H2,1-2H3. The third-order valence-corrected chi connectivity index (χ3v) is 3.93. The summed E-state index contributed by atoms with van der Waals surface area (Å²) in [5, 5.41) is 1.92. The lowest BCUT2D eigenvalue weighted by molar-refractivity contribution is -0.161. The van der Waals surface area contributed by atoms with Crippen LogP contribution in [-0.4, -0.2) is 26.2 Å². The normalized spacial score (nSPS) is 21.2. The molecule has 1 heterocycles. The van der Waals surface area contributed by atoms with Crippen LogP contribution >= 0.6 is 11.3 Å². The molecule has 0 aromatic carbocycles. The Bertz CT molecular complexity index is 394. The molecule has 0 aliphatic heterocycles. The Morgan fingerprint density at radius 3 is 2.44 bits per heavy atom. The van der Waals surface area contributed by atoms with Gasteiger partial charge in [0.1, 0.15) is 0 Å². The molecule has 0 amide bonds. The molecule has 1 saturated carbocycles. The first kappa shape index (κ1) is 11.1. The molecule has 0 saturated heterocycles. The van der Waals surface area contributed by atoms with Crippen molar-refractivity contribution in [3.8, 4) is 0 Å². The Morgan fingerprint density at radius 1 is 1.38 bits per heavy atom. The summed E-state index contributed by atoms with van der Waals surface area (Å²) in [6.45, 7) is 0. The van der Waals surface area contributed by atoms with Crippen LogP contribution in [0.1, 0.15) is 17.2 Å². The SMILES string of the molecule is COC(=O)C1(C(=O)OC)CC1c1cccs1. The molecule has 1 aromatic rings. The Balaban J connectivity index is 2.28. The smallest absolute Gasteiger partial charge is 0.323 e. The molecule has 0 spiro atoms. The van der Waals surface area contributed by atoms with Crippen LogP contribution in [0.4, 0.5) is 0 Å². The fourth-order valence-electron chi connectivity index (χ4n) is 1.99. The average molecular weight is 240 g/mol. The van der Waals surface area contributed by atoms with Crippen LogP contribution in [0.15, 0.2) is 17.5 Å². The molecule has 86 valence electrons. The number of ether oxygens (including phenoxy) is 2. The average Bonchev–Trinajstić information content (AvgIpc) is 2.84. The van der Waals surface area contributed by atoms with Crippen molar-refractivity contribution in [2.24, 2.45) is 5.41 Å². The van der Waals surface area contributed by atoms with Gasteiger partial charge in [-0.05, 0) is 17.9 Å². The van der Waals surface area contributed by atoms with Crippen LogP contribution in [0.3, 0.4) is 0 Å². The molecule has 0 bridgehead atoms. The monoisotopic (exact) mass is 240 g/mol. The second-order valence-electron chi connectivity index (χ2n) is 3.73. The minimum Gasteiger partial charge on any atom is -0.468 e. The van der Waals surface area contributed by atoms with Crippen LogP contribution in [-0.2, 0) is 19.1 Å². The maximum absolute atomic E-state index is 11.7. The first-order valence-electron chi connectivity index (χ1n) is 4.87. The van der Waals surface area contributed by atoms with Crippen molar-refractivity contribution >= 4 is 23.3 Å². The summed E-state index contributed by atoms with van der Waals surface area (Å²) in [5.41, 5.74) is -1.10. The minimum absolute atomic E-state index is 0.0904. The summed E-state index contributed by atoms with van der Waals surface area (Å²) in [6, 6.07) is 3.82. The Hall–Kier alpha value is -1.36. The van der Waals surface area contributed by atoms with Crippen molar-refractivity contribution in [1.82, 2.24) is 0 Å². The van der Waals surface area contributed by atoms with E-state index >= 15 is 0 Å². The molecule has 0 N–H and O–H groups in total. The number of hydrogen-bond acceptors (Lipinski definition) is 5. The van der Waals surface area contributed by atoms with Crippen molar-refractivity contribution in [3.05, 3.63) is 22.4 Å². The number of esters is 2. The predicted molar refractivity (Wildman–Crippen MR) is 58.1 cm³/mol. The quantitative estimate of drug-likeness (QED) is 0.594. The zero-order chi connectivity index (χ0) is 11.8. The highest BCUT2D eigenvalue weighted by molar-refractivity contribution is 7.10. The lowest BCUT2D eigenvalue weighted by atomic mass is 10.0. The van der Waals surface area contributed by atoms with E-state index in [4.69, 9.17) is 9.47 Å². The van der Waals surface area contributed by atoms with Gasteiger partial charge in [0, 0.05) is 10.8 Å². The summed E-state index contributed by atoms with van der Waals surface area (Å²) >= 11 is 1.54. The molecule has 1 aromatic heterocycles. The maximum Gasteiger partial charge on any atom is 0.323 e. The molecule has 1 unspecified atom stereocenters. The molecule has 2 rings (SSSR count). The van der Waals surface area contributed by atoms with E-state index in [1.165, 1.54) is 25.6 Å². The second kappa shape index (κ2) is 3.90. The second-order valence-corrected chi connectivity index (χ2v) is 4.71. The first-order chi connectivity index (χ1) is 7.66. The molecule has 4 nitrogen and oxygen atoms in total. The van der Waals surface area contributed by atoms with Gasteiger partial charge in [0.15, 0.2) is 5.41 Å². The lowest BCUT2D eigenvalue weighted by Gasteiger charge is -2.11. The van der Waals surface area contributed by atoms with E-state index in [0.29, 0.717) is 6.42 Å². The summed E-state index contributed by atoms with van der Waals surface area (Å²) in [5.74, 6) is -1.09. The number of rotatable bonds is 3. The molecular weight excluding hydrogens is 228 g/mol. The number of methoxy groups -OCH3 is 2. The Labute approximate surface area is 97.2 Å². The third kappa shape index (κ3) is 1.43. The van der Waals surface area contributed by atoms with Gasteiger partial charge in [-0.3, -0.25) is 9.59 Å². The molecule has 1 aliphatic rings. The van der Waals surface area contributed by atoms with Crippen LogP contribution in [0.2, 0.25) is 0 Å². The lowest BCUT2D eigenvalue weighted by Crippen LogP contribution is -2.29. The highest BCUT2D eigenvalue weighted by Crippen LogP contribution is 2.61. The summed E-state index contributed by atoms with van der Waals surface area (Å²) < 4.78 is 9.39. The molecule has 1 atom stereocenters. The van der Waals surface area contributed by atoms with Gasteiger partial charge in [-0.15, -0.1) is 11.3 Å². The molecule has 1 aliphatic carbocycles. The minimum atomic E-state index is -1.10. The number of carbonyl (C=O) groups is 2. The zero-order valence-electron chi connectivity index (χ0n) is 9.06. The van der Waals surface area contributed by atoms with Crippen molar-refractivity contribution in [2.75, 3.05) is 14.2 Å². The van der Waals surface area contributed by atoms with Gasteiger partial charge in [-0.1, -0.05) is 6.07 Å². The molecule has 0 radical (unpaired) electrons. The number of thiophene rings is 1. The fourth-order valence-corrected chi connectivity index (χ4v) is 2.91. The molecule has 1 fully saturated rings. The zero-order valence-corrected chi connectivity index (χ0v) is 9.87. The van der Waals surface area contributed by atoms with Crippen molar-refractivity contribution in [3.63, 3.8) is 0 Å². The van der Waals surface area contributed by atoms with Gasteiger partial charge in [0.25, 0.3) is 0 Å². The van der Waals surface area contributed by atoms with E-state index in [0.717, 1.165) is 4.88 Å². The topological polar surface area (TPSA) is 52.6 Å². The van der Waals surface area contributed by atoms with E-state index in [-0.39, 0.29) is 5.92 Å². The largest absolute Gasteiger partial charge is 0.468 e. The molecular formula is C11H12O4S. The summed E-state index contributed by atoms with van der Waals surface area (Å²) in [4.78, 5) is 24.4. The third-order valence-electron chi connectivity index (χ3n) is 2.95. The van der Waals surface area contributed by atoms with Crippen LogP contribution in [0, 0.1) is 5.41 Å². The van der Waals surface area contributed by atoms with Gasteiger partial charge in [0.05, 0.1) is 14.2 Å². The van der Waals surface area contributed by atoms with Gasteiger partial charge in [0.2, 0.25) is 0 Å². The predicted octanol–water partition coefficient (Wildman–Crippen LogP) is 1.57. The Kier molecular flexibility index (Phi) is 2.71. The number of hydrogen-bond donors (Lipinski definition) is 0.